The van der Waals surface area contributed by atoms with Crippen LogP contribution in [0.25, 0.3) is 16.1 Å². The minimum Gasteiger partial charge on any atom is -0.346 e. The summed E-state index contributed by atoms with van der Waals surface area (Å²) in [6.45, 7) is 2.64. The molecule has 4 nitrogen and oxygen atoms in total. The van der Waals surface area contributed by atoms with Crippen molar-refractivity contribution < 1.29 is 4.79 Å². The largest absolute Gasteiger partial charge is 0.346 e. The zero-order chi connectivity index (χ0) is 19.1. The molecule has 3 heterocycles. The molecule has 3 aromatic heterocycles. The highest BCUT2D eigenvalue weighted by Crippen LogP contribution is 2.42. The molecule has 0 radical (unpaired) electrons. The number of aryl methyl sites for hydroxylation is 2. The van der Waals surface area contributed by atoms with Crippen LogP contribution in [-0.2, 0) is 19.4 Å². The van der Waals surface area contributed by atoms with E-state index < -0.39 is 0 Å². The number of para-hydroxylation sites is 1. The van der Waals surface area contributed by atoms with Crippen LogP contribution >= 0.6 is 22.7 Å². The molecule has 1 aliphatic rings. The molecular weight excluding hydrogens is 386 g/mol. The summed E-state index contributed by atoms with van der Waals surface area (Å²) in [6, 6.07) is 16.4. The number of aromatic nitrogens is 2. The number of fused-ring (bicyclic) bond motifs is 3. The Hall–Kier alpha value is -2.70. The second kappa shape index (κ2) is 7.04. The minimum absolute atomic E-state index is 0.00227. The third-order valence-corrected chi connectivity index (χ3v) is 7.12. The Morgan fingerprint density at radius 2 is 2.04 bits per heavy atom. The van der Waals surface area contributed by atoms with Gasteiger partial charge in [0.1, 0.15) is 0 Å². The van der Waals surface area contributed by atoms with E-state index >= 15 is 0 Å². The van der Waals surface area contributed by atoms with Gasteiger partial charge < -0.3 is 5.32 Å². The third kappa shape index (κ3) is 2.99. The molecule has 6 heteroatoms. The van der Waals surface area contributed by atoms with Crippen LogP contribution < -0.4 is 5.32 Å². The third-order valence-electron chi connectivity index (χ3n) is 5.05. The first-order chi connectivity index (χ1) is 13.7. The standard InChI is InChI=1S/C22H19N3OS2/c1-14-20-18(25(24-14)16-6-3-2-4-7-16)10-9-15-12-19(28-21(15)20)22(26)23-13-17-8-5-11-27-17/h2-8,11-12H,9-10,13H2,1H3,(H,23,26). The summed E-state index contributed by atoms with van der Waals surface area (Å²) < 4.78 is 2.06. The van der Waals surface area contributed by atoms with Gasteiger partial charge >= 0.3 is 0 Å². The van der Waals surface area contributed by atoms with Crippen molar-refractivity contribution in [1.29, 1.82) is 0 Å². The van der Waals surface area contributed by atoms with Gasteiger partial charge in [-0.2, -0.15) is 5.10 Å². The molecule has 0 bridgehead atoms. The van der Waals surface area contributed by atoms with Crippen molar-refractivity contribution in [3.63, 3.8) is 0 Å². The van der Waals surface area contributed by atoms with E-state index in [1.165, 1.54) is 21.7 Å². The van der Waals surface area contributed by atoms with Crippen LogP contribution in [0.4, 0.5) is 0 Å². The highest BCUT2D eigenvalue weighted by molar-refractivity contribution is 7.17. The SMILES string of the molecule is Cc1nn(-c2ccccc2)c2c1-c1sc(C(=O)NCc3cccs3)cc1CC2. The molecule has 1 amide bonds. The predicted octanol–water partition coefficient (Wildman–Crippen LogP) is 5.00. The molecular formula is C22H19N3OS2. The van der Waals surface area contributed by atoms with Gasteiger partial charge in [0.25, 0.3) is 5.91 Å². The Labute approximate surface area is 171 Å². The molecule has 0 fully saturated rings. The van der Waals surface area contributed by atoms with Gasteiger partial charge in [0.15, 0.2) is 0 Å². The molecule has 5 rings (SSSR count). The van der Waals surface area contributed by atoms with E-state index in [9.17, 15) is 4.79 Å². The van der Waals surface area contributed by atoms with Crippen LogP contribution in [0, 0.1) is 6.92 Å². The highest BCUT2D eigenvalue weighted by atomic mass is 32.1. The number of nitrogens with zero attached hydrogens (tertiary/aromatic N) is 2. The maximum Gasteiger partial charge on any atom is 0.261 e. The van der Waals surface area contributed by atoms with Crippen LogP contribution in [0.1, 0.15) is 31.5 Å². The number of carbonyl (C=O) groups is 1. The lowest BCUT2D eigenvalue weighted by Crippen LogP contribution is -2.21. The monoisotopic (exact) mass is 405 g/mol. The summed E-state index contributed by atoms with van der Waals surface area (Å²) in [4.78, 5) is 15.8. The molecule has 28 heavy (non-hydrogen) atoms. The Morgan fingerprint density at radius 3 is 2.82 bits per heavy atom. The van der Waals surface area contributed by atoms with Crippen molar-refractivity contribution in [2.75, 3.05) is 0 Å². The Morgan fingerprint density at radius 1 is 1.18 bits per heavy atom. The Bertz CT molecular complexity index is 1140. The van der Waals surface area contributed by atoms with Crippen molar-refractivity contribution in [3.05, 3.63) is 80.6 Å². The molecule has 4 aromatic rings. The highest BCUT2D eigenvalue weighted by Gasteiger charge is 2.27. The second-order valence-corrected chi connectivity index (χ2v) is 8.97. The summed E-state index contributed by atoms with van der Waals surface area (Å²) in [5.74, 6) is 0.00227. The molecule has 1 N–H and O–H groups in total. The van der Waals surface area contributed by atoms with Crippen molar-refractivity contribution in [3.8, 4) is 16.1 Å². The molecule has 0 unspecified atom stereocenters. The van der Waals surface area contributed by atoms with Gasteiger partial charge in [-0.15, -0.1) is 22.7 Å². The van der Waals surface area contributed by atoms with Gasteiger partial charge in [-0.05, 0) is 55.0 Å². The molecule has 0 spiro atoms. The number of nitrogens with one attached hydrogen (secondary N) is 1. The van der Waals surface area contributed by atoms with Gasteiger partial charge in [0.05, 0.1) is 28.5 Å². The molecule has 0 saturated carbocycles. The van der Waals surface area contributed by atoms with Gasteiger partial charge in [-0.25, -0.2) is 4.68 Å². The first-order valence-corrected chi connectivity index (χ1v) is 11.0. The molecule has 1 aliphatic carbocycles. The number of carbonyl (C=O) groups excluding carboxylic acids is 1. The smallest absolute Gasteiger partial charge is 0.261 e. The maximum atomic E-state index is 12.7. The van der Waals surface area contributed by atoms with Gasteiger partial charge in [-0.3, -0.25) is 4.79 Å². The van der Waals surface area contributed by atoms with Crippen molar-refractivity contribution in [1.82, 2.24) is 15.1 Å². The lowest BCUT2D eigenvalue weighted by atomic mass is 9.95. The van der Waals surface area contributed by atoms with E-state index in [2.05, 4.69) is 35.1 Å². The second-order valence-electron chi connectivity index (χ2n) is 6.88. The fourth-order valence-corrected chi connectivity index (χ4v) is 5.63. The number of hydrogen-bond acceptors (Lipinski definition) is 4. The van der Waals surface area contributed by atoms with Crippen molar-refractivity contribution >= 4 is 28.6 Å². The van der Waals surface area contributed by atoms with E-state index in [4.69, 9.17) is 5.10 Å². The zero-order valence-corrected chi connectivity index (χ0v) is 17.1. The van der Waals surface area contributed by atoms with Crippen LogP contribution in [0.5, 0.6) is 0 Å². The summed E-state index contributed by atoms with van der Waals surface area (Å²) in [5, 5.41) is 9.88. The number of amides is 1. The summed E-state index contributed by atoms with van der Waals surface area (Å²) >= 11 is 3.24. The van der Waals surface area contributed by atoms with Gasteiger partial charge in [0, 0.05) is 15.3 Å². The summed E-state index contributed by atoms with van der Waals surface area (Å²) in [5.41, 5.74) is 5.80. The maximum absolute atomic E-state index is 12.7. The fourth-order valence-electron chi connectivity index (χ4n) is 3.74. The van der Waals surface area contributed by atoms with Gasteiger partial charge in [0.2, 0.25) is 0 Å². The fraction of sp³-hybridized carbons (Fsp3) is 0.182. The lowest BCUT2D eigenvalue weighted by molar-refractivity contribution is 0.0955. The average molecular weight is 406 g/mol. The molecule has 1 aromatic carbocycles. The van der Waals surface area contributed by atoms with Crippen LogP contribution in [0.15, 0.2) is 53.9 Å². The predicted molar refractivity (Wildman–Crippen MR) is 115 cm³/mol. The Kier molecular flexibility index (Phi) is 4.37. The first-order valence-electron chi connectivity index (χ1n) is 9.28. The quantitative estimate of drug-likeness (QED) is 0.519. The van der Waals surface area contributed by atoms with Crippen molar-refractivity contribution in [2.24, 2.45) is 0 Å². The topological polar surface area (TPSA) is 46.9 Å². The molecule has 0 saturated heterocycles. The number of benzene rings is 1. The van der Waals surface area contributed by atoms with Crippen LogP contribution in [0.3, 0.4) is 0 Å². The zero-order valence-electron chi connectivity index (χ0n) is 15.4. The van der Waals surface area contributed by atoms with E-state index in [1.54, 1.807) is 22.7 Å². The minimum atomic E-state index is 0.00227. The average Bonchev–Trinajstić information content (AvgIpc) is 3.45. The number of rotatable bonds is 4. The van der Waals surface area contributed by atoms with E-state index in [1.807, 2.05) is 35.7 Å². The normalized spacial score (nSPS) is 12.5. The van der Waals surface area contributed by atoms with E-state index in [0.717, 1.165) is 34.0 Å². The van der Waals surface area contributed by atoms with Crippen molar-refractivity contribution in [2.45, 2.75) is 26.3 Å². The van der Waals surface area contributed by atoms with Crippen LogP contribution in [-0.4, -0.2) is 15.7 Å². The lowest BCUT2D eigenvalue weighted by Gasteiger charge is -2.14. The van der Waals surface area contributed by atoms with E-state index in [0.29, 0.717) is 6.54 Å². The molecule has 140 valence electrons. The van der Waals surface area contributed by atoms with Crippen LogP contribution in [0.2, 0.25) is 0 Å². The van der Waals surface area contributed by atoms with E-state index in [-0.39, 0.29) is 5.91 Å². The molecule has 0 atom stereocenters. The molecule has 0 aliphatic heterocycles. The number of hydrogen-bond donors (Lipinski definition) is 1. The summed E-state index contributed by atoms with van der Waals surface area (Å²) in [6.07, 6.45) is 1.88. The summed E-state index contributed by atoms with van der Waals surface area (Å²) in [7, 11) is 0. The first kappa shape index (κ1) is 17.4. The number of thiophene rings is 2. The van der Waals surface area contributed by atoms with Gasteiger partial charge in [-0.1, -0.05) is 24.3 Å². The Balaban J connectivity index is 1.47.